The highest BCUT2D eigenvalue weighted by molar-refractivity contribution is 6.00. The number of pyridine rings is 1. The molecular formula is C25H28FN3O5. The number of halogens is 1. The molecule has 3 aliphatic heterocycles. The van der Waals surface area contributed by atoms with Crippen LogP contribution in [0.3, 0.4) is 0 Å². The molecule has 9 heteroatoms. The van der Waals surface area contributed by atoms with Crippen molar-refractivity contribution in [2.45, 2.75) is 64.7 Å². The first-order chi connectivity index (χ1) is 16.3. The van der Waals surface area contributed by atoms with Gasteiger partial charge >= 0.3 is 0 Å². The van der Waals surface area contributed by atoms with Gasteiger partial charge in [0.2, 0.25) is 11.8 Å². The number of hydrogen-bond donors (Lipinski definition) is 1. The maximum absolute atomic E-state index is 15.1. The lowest BCUT2D eigenvalue weighted by Crippen LogP contribution is -2.37. The molecule has 180 valence electrons. The van der Waals surface area contributed by atoms with Crippen molar-refractivity contribution in [3.63, 3.8) is 0 Å². The zero-order valence-corrected chi connectivity index (χ0v) is 19.5. The average Bonchev–Trinajstić information content (AvgIpc) is 3.17. The van der Waals surface area contributed by atoms with Crippen molar-refractivity contribution in [2.75, 3.05) is 18.5 Å². The molecule has 0 unspecified atom stereocenters. The molecule has 1 aromatic heterocycles. The highest BCUT2D eigenvalue weighted by Crippen LogP contribution is 2.40. The number of amides is 2. The number of nitrogens with one attached hydrogen (secondary N) is 1. The van der Waals surface area contributed by atoms with Crippen LogP contribution in [0.2, 0.25) is 0 Å². The molecule has 3 atom stereocenters. The van der Waals surface area contributed by atoms with Crippen LogP contribution in [0.4, 0.5) is 10.1 Å². The maximum Gasteiger partial charge on any atom is 0.262 e. The second kappa shape index (κ2) is 8.77. The van der Waals surface area contributed by atoms with Gasteiger partial charge < -0.3 is 24.4 Å². The Bertz CT molecular complexity index is 1150. The number of aromatic nitrogens is 1. The second-order valence-corrected chi connectivity index (χ2v) is 9.17. The lowest BCUT2D eigenvalue weighted by atomic mass is 10.1. The summed E-state index contributed by atoms with van der Waals surface area (Å²) >= 11 is 0. The van der Waals surface area contributed by atoms with Gasteiger partial charge in [-0.1, -0.05) is 6.92 Å². The van der Waals surface area contributed by atoms with Gasteiger partial charge in [0.05, 0.1) is 24.4 Å². The van der Waals surface area contributed by atoms with Crippen molar-refractivity contribution >= 4 is 17.5 Å². The summed E-state index contributed by atoms with van der Waals surface area (Å²) in [5, 5.41) is 2.84. The van der Waals surface area contributed by atoms with Crippen LogP contribution in [0, 0.1) is 12.7 Å². The van der Waals surface area contributed by atoms with Crippen molar-refractivity contribution in [3.05, 3.63) is 40.8 Å². The Hall–Kier alpha value is -3.36. The summed E-state index contributed by atoms with van der Waals surface area (Å²) < 4.78 is 33.0. The largest absolute Gasteiger partial charge is 0.490 e. The average molecular weight is 470 g/mol. The highest BCUT2D eigenvalue weighted by atomic mass is 19.1. The Labute approximate surface area is 197 Å². The number of benzene rings is 1. The second-order valence-electron chi connectivity index (χ2n) is 9.17. The summed E-state index contributed by atoms with van der Waals surface area (Å²) in [6.07, 6.45) is 3.47. The van der Waals surface area contributed by atoms with Crippen LogP contribution < -0.4 is 19.5 Å². The van der Waals surface area contributed by atoms with E-state index in [0.717, 1.165) is 5.56 Å². The Morgan fingerprint density at radius 1 is 1.32 bits per heavy atom. The maximum atomic E-state index is 15.1. The molecule has 1 N–H and O–H groups in total. The molecule has 8 nitrogen and oxygen atoms in total. The topological polar surface area (TPSA) is 90.0 Å². The van der Waals surface area contributed by atoms with E-state index in [1.54, 1.807) is 30.2 Å². The first-order valence-corrected chi connectivity index (χ1v) is 11.7. The fraction of sp³-hybridized carbons (Fsp3) is 0.480. The molecule has 2 aromatic rings. The standard InChI is InChI=1S/C25H28FN3O5/c1-4-14(3)33-24-22-19(7-13(2)23(24)26)32-12-16-8-17(11-29(16)25(22)31)34-21-9-18-15(10-27-21)5-6-20(30)28-18/h7,9-10,14,16-17H,4-6,8,11-12H2,1-3H3,(H,28,30)/t14-,16+,17-/m0/s1. The van der Waals surface area contributed by atoms with E-state index < -0.39 is 5.82 Å². The van der Waals surface area contributed by atoms with Gasteiger partial charge in [-0.2, -0.15) is 0 Å². The summed E-state index contributed by atoms with van der Waals surface area (Å²) in [5.41, 5.74) is 2.18. The number of aryl methyl sites for hydroxylation is 2. The Kier molecular flexibility index (Phi) is 5.79. The third kappa shape index (κ3) is 4.03. The molecule has 0 bridgehead atoms. The number of carbonyl (C=O) groups is 2. The van der Waals surface area contributed by atoms with Gasteiger partial charge in [-0.25, -0.2) is 9.37 Å². The van der Waals surface area contributed by atoms with Crippen molar-refractivity contribution in [1.82, 2.24) is 9.88 Å². The summed E-state index contributed by atoms with van der Waals surface area (Å²) in [6, 6.07) is 3.06. The van der Waals surface area contributed by atoms with Crippen molar-refractivity contribution in [3.8, 4) is 17.4 Å². The predicted molar refractivity (Wildman–Crippen MR) is 122 cm³/mol. The molecule has 1 saturated heterocycles. The summed E-state index contributed by atoms with van der Waals surface area (Å²) in [4.78, 5) is 31.3. The van der Waals surface area contributed by atoms with Crippen LogP contribution in [0.15, 0.2) is 18.3 Å². The minimum absolute atomic E-state index is 0.0295. The molecular weight excluding hydrogens is 441 g/mol. The number of ether oxygens (including phenoxy) is 3. The van der Waals surface area contributed by atoms with E-state index in [4.69, 9.17) is 14.2 Å². The molecule has 0 aliphatic carbocycles. The van der Waals surface area contributed by atoms with E-state index in [1.807, 2.05) is 13.8 Å². The van der Waals surface area contributed by atoms with E-state index in [-0.39, 0.29) is 48.0 Å². The van der Waals surface area contributed by atoms with Crippen LogP contribution in [-0.2, 0) is 11.2 Å². The molecule has 0 spiro atoms. The number of anilines is 1. The quantitative estimate of drug-likeness (QED) is 0.719. The molecule has 0 radical (unpaired) electrons. The number of nitrogens with zero attached hydrogens (tertiary/aromatic N) is 2. The Morgan fingerprint density at radius 2 is 2.15 bits per heavy atom. The highest BCUT2D eigenvalue weighted by Gasteiger charge is 2.42. The summed E-state index contributed by atoms with van der Waals surface area (Å²) in [7, 11) is 0. The van der Waals surface area contributed by atoms with Crippen LogP contribution in [-0.4, -0.2) is 53.1 Å². The van der Waals surface area contributed by atoms with Crippen LogP contribution in [0.25, 0.3) is 0 Å². The van der Waals surface area contributed by atoms with E-state index in [1.165, 1.54) is 0 Å². The zero-order valence-electron chi connectivity index (χ0n) is 19.5. The first kappa shape index (κ1) is 22.4. The van der Waals surface area contributed by atoms with Crippen molar-refractivity contribution < 1.29 is 28.2 Å². The van der Waals surface area contributed by atoms with Crippen LogP contribution >= 0.6 is 0 Å². The number of rotatable bonds is 5. The number of carbonyl (C=O) groups excluding carboxylic acids is 2. The molecule has 1 fully saturated rings. The van der Waals surface area contributed by atoms with Crippen LogP contribution in [0.1, 0.15) is 54.6 Å². The Morgan fingerprint density at radius 3 is 2.94 bits per heavy atom. The van der Waals surface area contributed by atoms with Crippen molar-refractivity contribution in [1.29, 1.82) is 0 Å². The minimum Gasteiger partial charge on any atom is -0.490 e. The summed E-state index contributed by atoms with van der Waals surface area (Å²) in [5.74, 6) is -0.209. The molecule has 5 rings (SSSR count). The van der Waals surface area contributed by atoms with Gasteiger partial charge in [0, 0.05) is 25.1 Å². The molecule has 3 aliphatic rings. The van der Waals surface area contributed by atoms with Gasteiger partial charge in [-0.15, -0.1) is 0 Å². The third-order valence-electron chi connectivity index (χ3n) is 6.69. The van der Waals surface area contributed by atoms with Crippen LogP contribution in [0.5, 0.6) is 17.4 Å². The zero-order chi connectivity index (χ0) is 24.0. The number of fused-ring (bicyclic) bond motifs is 3. The molecule has 4 heterocycles. The fourth-order valence-corrected chi connectivity index (χ4v) is 4.62. The van der Waals surface area contributed by atoms with E-state index in [0.29, 0.717) is 55.1 Å². The SMILES string of the molecule is CC[C@H](C)Oc1c(F)c(C)cc2c1C(=O)N1C[C@@H](Oc3cc4c(cn3)CCC(=O)N4)C[C@@H]1CO2. The Balaban J connectivity index is 1.38. The minimum atomic E-state index is -0.540. The normalized spacial score (nSPS) is 22.1. The molecule has 2 amide bonds. The van der Waals surface area contributed by atoms with E-state index >= 15 is 4.39 Å². The molecule has 1 aromatic carbocycles. The summed E-state index contributed by atoms with van der Waals surface area (Å²) in [6.45, 7) is 6.01. The first-order valence-electron chi connectivity index (χ1n) is 11.7. The van der Waals surface area contributed by atoms with Gasteiger partial charge in [-0.05, 0) is 43.9 Å². The number of hydrogen-bond acceptors (Lipinski definition) is 6. The molecule has 34 heavy (non-hydrogen) atoms. The monoisotopic (exact) mass is 469 g/mol. The lowest BCUT2D eigenvalue weighted by molar-refractivity contribution is -0.116. The predicted octanol–water partition coefficient (Wildman–Crippen LogP) is 3.65. The fourth-order valence-electron chi connectivity index (χ4n) is 4.62. The van der Waals surface area contributed by atoms with Gasteiger partial charge in [0.25, 0.3) is 5.91 Å². The smallest absolute Gasteiger partial charge is 0.262 e. The lowest BCUT2D eigenvalue weighted by Gasteiger charge is -2.22. The van der Waals surface area contributed by atoms with E-state index in [9.17, 15) is 9.59 Å². The van der Waals surface area contributed by atoms with Gasteiger partial charge in [0.1, 0.15) is 24.0 Å². The van der Waals surface area contributed by atoms with Gasteiger partial charge in [-0.3, -0.25) is 9.59 Å². The third-order valence-corrected chi connectivity index (χ3v) is 6.69. The van der Waals surface area contributed by atoms with Gasteiger partial charge in [0.15, 0.2) is 11.6 Å². The van der Waals surface area contributed by atoms with E-state index in [2.05, 4.69) is 10.3 Å². The van der Waals surface area contributed by atoms with Crippen molar-refractivity contribution in [2.24, 2.45) is 0 Å². The molecule has 0 saturated carbocycles.